The Morgan fingerprint density at radius 3 is 3.05 bits per heavy atom. The van der Waals surface area contributed by atoms with Gasteiger partial charge in [-0.1, -0.05) is 25.1 Å². The van der Waals surface area contributed by atoms with Crippen LogP contribution in [0.3, 0.4) is 0 Å². The van der Waals surface area contributed by atoms with E-state index in [0.717, 1.165) is 49.8 Å². The van der Waals surface area contributed by atoms with Crippen LogP contribution < -0.4 is 10.1 Å². The van der Waals surface area contributed by atoms with Crippen molar-refractivity contribution in [3.05, 3.63) is 41.5 Å². The normalized spacial score (nSPS) is 17.6. The number of hydrogen-bond acceptors (Lipinski definition) is 4. The van der Waals surface area contributed by atoms with Crippen LogP contribution in [0.4, 0.5) is 0 Å². The molecule has 0 aliphatic carbocycles. The van der Waals surface area contributed by atoms with Crippen molar-refractivity contribution in [1.82, 2.24) is 20.1 Å². The van der Waals surface area contributed by atoms with Gasteiger partial charge < -0.3 is 14.6 Å². The highest BCUT2D eigenvalue weighted by Crippen LogP contribution is 2.23. The van der Waals surface area contributed by atoms with Crippen LogP contribution in [-0.4, -0.2) is 27.4 Å². The van der Waals surface area contributed by atoms with E-state index in [9.17, 15) is 0 Å². The van der Waals surface area contributed by atoms with Crippen molar-refractivity contribution in [1.29, 1.82) is 0 Å². The zero-order valence-corrected chi connectivity index (χ0v) is 13.4. The molecule has 0 amide bonds. The molecule has 5 heteroatoms. The van der Waals surface area contributed by atoms with Gasteiger partial charge in [0.25, 0.3) is 0 Å². The number of hydrogen-bond donors (Lipinski definition) is 1. The lowest BCUT2D eigenvalue weighted by Gasteiger charge is -2.16. The van der Waals surface area contributed by atoms with Crippen molar-refractivity contribution in [3.63, 3.8) is 0 Å². The van der Waals surface area contributed by atoms with Gasteiger partial charge in [0.1, 0.15) is 24.0 Å². The molecule has 22 heavy (non-hydrogen) atoms. The summed E-state index contributed by atoms with van der Waals surface area (Å²) in [6, 6.07) is 8.66. The third-order valence-electron chi connectivity index (χ3n) is 4.18. The Morgan fingerprint density at radius 1 is 1.32 bits per heavy atom. The SMILES string of the molecule is CCCn1c(C)nnc1CNC1CCc2ccccc2OC1. The van der Waals surface area contributed by atoms with Crippen LogP contribution in [0, 0.1) is 6.92 Å². The predicted molar refractivity (Wildman–Crippen MR) is 85.9 cm³/mol. The summed E-state index contributed by atoms with van der Waals surface area (Å²) in [6.45, 7) is 6.61. The Bertz CT molecular complexity index is 596. The monoisotopic (exact) mass is 300 g/mol. The molecule has 5 nitrogen and oxygen atoms in total. The first-order valence-electron chi connectivity index (χ1n) is 8.10. The van der Waals surface area contributed by atoms with Crippen LogP contribution in [0.25, 0.3) is 0 Å². The van der Waals surface area contributed by atoms with E-state index in [1.165, 1.54) is 5.56 Å². The third-order valence-corrected chi connectivity index (χ3v) is 4.18. The Kier molecular flexibility index (Phi) is 4.73. The topological polar surface area (TPSA) is 52.0 Å². The first kappa shape index (κ1) is 15.0. The number of fused-ring (bicyclic) bond motifs is 1. The molecule has 0 fully saturated rings. The fourth-order valence-corrected chi connectivity index (χ4v) is 2.92. The summed E-state index contributed by atoms with van der Waals surface area (Å²) in [4.78, 5) is 0. The zero-order valence-electron chi connectivity index (χ0n) is 13.4. The van der Waals surface area contributed by atoms with Gasteiger partial charge in [0.2, 0.25) is 0 Å². The quantitative estimate of drug-likeness (QED) is 0.921. The number of rotatable bonds is 5. The lowest BCUT2D eigenvalue weighted by atomic mass is 10.1. The maximum Gasteiger partial charge on any atom is 0.147 e. The van der Waals surface area contributed by atoms with E-state index in [1.54, 1.807) is 0 Å². The minimum Gasteiger partial charge on any atom is -0.492 e. The molecule has 1 unspecified atom stereocenters. The number of nitrogens with one attached hydrogen (secondary N) is 1. The summed E-state index contributed by atoms with van der Waals surface area (Å²) in [5.41, 5.74) is 1.30. The number of benzene rings is 1. The molecule has 0 spiro atoms. The van der Waals surface area contributed by atoms with E-state index in [-0.39, 0.29) is 0 Å². The number of nitrogens with zero attached hydrogens (tertiary/aromatic N) is 3. The second-order valence-corrected chi connectivity index (χ2v) is 5.85. The maximum absolute atomic E-state index is 5.93. The number of aryl methyl sites for hydroxylation is 2. The van der Waals surface area contributed by atoms with Gasteiger partial charge in [0.15, 0.2) is 0 Å². The fourth-order valence-electron chi connectivity index (χ4n) is 2.92. The molecular formula is C17H24N4O. The van der Waals surface area contributed by atoms with Crippen molar-refractivity contribution in [2.24, 2.45) is 0 Å². The Morgan fingerprint density at radius 2 is 2.18 bits per heavy atom. The molecule has 1 aliphatic rings. The van der Waals surface area contributed by atoms with E-state index in [1.807, 2.05) is 13.0 Å². The molecule has 1 aromatic heterocycles. The molecule has 1 aliphatic heterocycles. The number of ether oxygens (including phenoxy) is 1. The molecule has 3 rings (SSSR count). The molecule has 0 saturated heterocycles. The minimum absolute atomic E-state index is 0.347. The van der Waals surface area contributed by atoms with Gasteiger partial charge in [-0.2, -0.15) is 0 Å². The second kappa shape index (κ2) is 6.92. The highest BCUT2D eigenvalue weighted by atomic mass is 16.5. The van der Waals surface area contributed by atoms with Crippen LogP contribution in [0.15, 0.2) is 24.3 Å². The smallest absolute Gasteiger partial charge is 0.147 e. The first-order valence-corrected chi connectivity index (χ1v) is 8.10. The maximum atomic E-state index is 5.93. The first-order chi connectivity index (χ1) is 10.8. The predicted octanol–water partition coefficient (Wildman–Crippen LogP) is 2.48. The Labute approximate surface area is 131 Å². The van der Waals surface area contributed by atoms with Crippen LogP contribution >= 0.6 is 0 Å². The van der Waals surface area contributed by atoms with Gasteiger partial charge >= 0.3 is 0 Å². The second-order valence-electron chi connectivity index (χ2n) is 5.85. The fraction of sp³-hybridized carbons (Fsp3) is 0.529. The van der Waals surface area contributed by atoms with Crippen LogP contribution in [0.5, 0.6) is 5.75 Å². The van der Waals surface area contributed by atoms with E-state index in [0.29, 0.717) is 12.6 Å². The third kappa shape index (κ3) is 3.30. The summed E-state index contributed by atoms with van der Waals surface area (Å²) in [7, 11) is 0. The minimum atomic E-state index is 0.347. The molecule has 118 valence electrons. The summed E-state index contributed by atoms with van der Waals surface area (Å²) in [5, 5.41) is 12.1. The van der Waals surface area contributed by atoms with Gasteiger partial charge in [-0.25, -0.2) is 0 Å². The number of para-hydroxylation sites is 1. The molecule has 2 aromatic rings. The standard InChI is InChI=1S/C17H24N4O/c1-3-10-21-13(2)19-20-17(21)11-18-15-9-8-14-6-4-5-7-16(14)22-12-15/h4-7,15,18H,3,8-12H2,1-2H3. The average molecular weight is 300 g/mol. The van der Waals surface area contributed by atoms with Crippen molar-refractivity contribution < 1.29 is 4.74 Å². The lowest BCUT2D eigenvalue weighted by molar-refractivity contribution is 0.265. The molecule has 1 N–H and O–H groups in total. The molecule has 2 heterocycles. The summed E-state index contributed by atoms with van der Waals surface area (Å²) >= 11 is 0. The number of aromatic nitrogens is 3. The van der Waals surface area contributed by atoms with Crippen LogP contribution in [0.1, 0.15) is 37.0 Å². The van der Waals surface area contributed by atoms with Crippen molar-refractivity contribution in [2.45, 2.75) is 52.2 Å². The van der Waals surface area contributed by atoms with Gasteiger partial charge in [-0.15, -0.1) is 10.2 Å². The molecular weight excluding hydrogens is 276 g/mol. The van der Waals surface area contributed by atoms with E-state index >= 15 is 0 Å². The molecule has 0 radical (unpaired) electrons. The van der Waals surface area contributed by atoms with Gasteiger partial charge in [-0.3, -0.25) is 0 Å². The largest absolute Gasteiger partial charge is 0.492 e. The highest BCUT2D eigenvalue weighted by molar-refractivity contribution is 5.34. The van der Waals surface area contributed by atoms with Crippen molar-refractivity contribution >= 4 is 0 Å². The average Bonchev–Trinajstić information content (AvgIpc) is 2.76. The van der Waals surface area contributed by atoms with Gasteiger partial charge in [0.05, 0.1) is 6.54 Å². The Balaban J connectivity index is 1.59. The summed E-state index contributed by atoms with van der Waals surface area (Å²) in [5.74, 6) is 3.03. The van der Waals surface area contributed by atoms with Gasteiger partial charge in [-0.05, 0) is 37.8 Å². The molecule has 0 saturated carbocycles. The van der Waals surface area contributed by atoms with Crippen LogP contribution in [-0.2, 0) is 19.5 Å². The van der Waals surface area contributed by atoms with Crippen molar-refractivity contribution in [3.8, 4) is 5.75 Å². The summed E-state index contributed by atoms with van der Waals surface area (Å²) in [6.07, 6.45) is 3.22. The van der Waals surface area contributed by atoms with Crippen molar-refractivity contribution in [2.75, 3.05) is 6.61 Å². The molecule has 0 bridgehead atoms. The van der Waals surface area contributed by atoms with E-state index < -0.39 is 0 Å². The van der Waals surface area contributed by atoms with Gasteiger partial charge in [0, 0.05) is 12.6 Å². The van der Waals surface area contributed by atoms with Crippen LogP contribution in [0.2, 0.25) is 0 Å². The highest BCUT2D eigenvalue weighted by Gasteiger charge is 2.17. The molecule has 1 aromatic carbocycles. The molecule has 1 atom stereocenters. The zero-order chi connectivity index (χ0) is 15.4. The lowest BCUT2D eigenvalue weighted by Crippen LogP contribution is -2.34. The summed E-state index contributed by atoms with van der Waals surface area (Å²) < 4.78 is 8.12. The van der Waals surface area contributed by atoms with E-state index in [4.69, 9.17) is 4.74 Å². The Hall–Kier alpha value is -1.88. The van der Waals surface area contributed by atoms with E-state index in [2.05, 4.69) is 45.2 Å².